The van der Waals surface area contributed by atoms with Gasteiger partial charge in [0.15, 0.2) is 0 Å². The van der Waals surface area contributed by atoms with E-state index in [0.717, 1.165) is 12.1 Å². The lowest BCUT2D eigenvalue weighted by Crippen LogP contribution is -2.41. The number of carbonyl (C=O) groups excluding carboxylic acids is 1. The van der Waals surface area contributed by atoms with Gasteiger partial charge in [-0.15, -0.1) is 11.6 Å². The van der Waals surface area contributed by atoms with Crippen LogP contribution in [0.5, 0.6) is 0 Å². The summed E-state index contributed by atoms with van der Waals surface area (Å²) in [6.07, 6.45) is 1.41. The van der Waals surface area contributed by atoms with E-state index in [1.165, 1.54) is 4.90 Å². The molecule has 112 valence electrons. The minimum atomic E-state index is -0.868. The average Bonchev–Trinajstić information content (AvgIpc) is 2.37. The average molecular weight is 369 g/mol. The second-order valence-corrected chi connectivity index (χ2v) is 5.70. The number of amides is 1. The summed E-state index contributed by atoms with van der Waals surface area (Å²) in [5.41, 5.74) is -0.523. The van der Waals surface area contributed by atoms with E-state index in [1.54, 1.807) is 0 Å². The fourth-order valence-electron chi connectivity index (χ4n) is 2.16. The van der Waals surface area contributed by atoms with Crippen molar-refractivity contribution < 1.29 is 13.6 Å². The van der Waals surface area contributed by atoms with E-state index in [2.05, 4.69) is 15.9 Å². The molecular weight excluding hydrogens is 352 g/mol. The van der Waals surface area contributed by atoms with Gasteiger partial charge in [-0.3, -0.25) is 4.79 Å². The first-order chi connectivity index (χ1) is 9.46. The maximum atomic E-state index is 13.9. The van der Waals surface area contributed by atoms with Gasteiger partial charge in [0.25, 0.3) is 5.91 Å². The Morgan fingerprint density at radius 1 is 1.30 bits per heavy atom. The molecule has 0 radical (unpaired) electrons. The summed E-state index contributed by atoms with van der Waals surface area (Å²) in [4.78, 5) is 13.9. The Balaban J connectivity index is 3.19. The van der Waals surface area contributed by atoms with Crippen molar-refractivity contribution in [1.82, 2.24) is 4.90 Å². The summed E-state index contributed by atoms with van der Waals surface area (Å²) >= 11 is 8.70. The molecule has 0 spiro atoms. The van der Waals surface area contributed by atoms with E-state index in [0.29, 0.717) is 12.8 Å². The first-order valence-electron chi connectivity index (χ1n) is 6.47. The smallest absolute Gasteiger partial charge is 0.260 e. The summed E-state index contributed by atoms with van der Waals surface area (Å²) in [6, 6.07) is 2.09. The van der Waals surface area contributed by atoms with Crippen molar-refractivity contribution in [3.05, 3.63) is 33.8 Å². The van der Waals surface area contributed by atoms with Crippen molar-refractivity contribution in [1.29, 1.82) is 0 Å². The lowest BCUT2D eigenvalue weighted by Gasteiger charge is -2.30. The molecule has 1 aromatic rings. The summed E-state index contributed by atoms with van der Waals surface area (Å²) in [5, 5.41) is 0. The Morgan fingerprint density at radius 3 is 2.20 bits per heavy atom. The summed E-state index contributed by atoms with van der Waals surface area (Å²) < 4.78 is 28.0. The number of carbonyl (C=O) groups is 1. The molecule has 6 heteroatoms. The largest absolute Gasteiger partial charge is 0.334 e. The van der Waals surface area contributed by atoms with Gasteiger partial charge < -0.3 is 4.90 Å². The quantitative estimate of drug-likeness (QED) is 0.672. The van der Waals surface area contributed by atoms with Crippen LogP contribution in [0.2, 0.25) is 0 Å². The molecule has 20 heavy (non-hydrogen) atoms. The number of nitrogens with zero attached hydrogens (tertiary/aromatic N) is 1. The summed E-state index contributed by atoms with van der Waals surface area (Å²) in [6.45, 7) is 4.12. The maximum absolute atomic E-state index is 13.9. The van der Waals surface area contributed by atoms with Gasteiger partial charge in [0.2, 0.25) is 0 Å². The Labute approximate surface area is 131 Å². The molecular formula is C14H17BrClF2NO. The van der Waals surface area contributed by atoms with Gasteiger partial charge in [-0.2, -0.15) is 0 Å². The van der Waals surface area contributed by atoms with Crippen molar-refractivity contribution in [3.63, 3.8) is 0 Å². The Bertz CT molecular complexity index is 457. The number of benzene rings is 1. The zero-order valence-electron chi connectivity index (χ0n) is 11.4. The SMILES string of the molecule is CCC(CC)N(CCCl)C(=O)c1c(F)cc(Br)cc1F. The molecule has 0 saturated carbocycles. The van der Waals surface area contributed by atoms with Gasteiger partial charge in [0, 0.05) is 22.9 Å². The molecule has 0 N–H and O–H groups in total. The molecule has 0 saturated heterocycles. The maximum Gasteiger partial charge on any atom is 0.260 e. The molecule has 0 heterocycles. The molecule has 0 aliphatic heterocycles. The van der Waals surface area contributed by atoms with Crippen LogP contribution in [0.4, 0.5) is 8.78 Å². The van der Waals surface area contributed by atoms with Crippen LogP contribution in [-0.4, -0.2) is 29.3 Å². The zero-order chi connectivity index (χ0) is 15.3. The van der Waals surface area contributed by atoms with Crippen LogP contribution in [-0.2, 0) is 0 Å². The highest BCUT2D eigenvalue weighted by Gasteiger charge is 2.27. The normalized spacial score (nSPS) is 10.9. The van der Waals surface area contributed by atoms with E-state index in [-0.39, 0.29) is 22.9 Å². The number of hydrogen-bond donors (Lipinski definition) is 0. The first kappa shape index (κ1) is 17.4. The molecule has 0 atom stereocenters. The van der Waals surface area contributed by atoms with Gasteiger partial charge in [0.05, 0.1) is 0 Å². The Morgan fingerprint density at radius 2 is 1.80 bits per heavy atom. The molecule has 0 fully saturated rings. The van der Waals surface area contributed by atoms with Crippen molar-refractivity contribution >= 4 is 33.4 Å². The van der Waals surface area contributed by atoms with Gasteiger partial charge in [0.1, 0.15) is 17.2 Å². The summed E-state index contributed by atoms with van der Waals surface area (Å²) in [5.74, 6) is -2.16. The van der Waals surface area contributed by atoms with Crippen LogP contribution in [0.3, 0.4) is 0 Å². The number of halogens is 4. The lowest BCUT2D eigenvalue weighted by molar-refractivity contribution is 0.0671. The third-order valence-electron chi connectivity index (χ3n) is 3.19. The minimum absolute atomic E-state index is 0.0799. The number of alkyl halides is 1. The molecule has 1 amide bonds. The van der Waals surface area contributed by atoms with Crippen LogP contribution in [0.25, 0.3) is 0 Å². The Kier molecular flexibility index (Phi) is 6.89. The third kappa shape index (κ3) is 3.92. The van der Waals surface area contributed by atoms with Gasteiger partial charge in [-0.25, -0.2) is 8.78 Å². The molecule has 1 rings (SSSR count). The third-order valence-corrected chi connectivity index (χ3v) is 3.82. The van der Waals surface area contributed by atoms with Crippen LogP contribution < -0.4 is 0 Å². The zero-order valence-corrected chi connectivity index (χ0v) is 13.8. The van der Waals surface area contributed by atoms with Crippen LogP contribution in [0, 0.1) is 11.6 Å². The van der Waals surface area contributed by atoms with Crippen LogP contribution in [0.1, 0.15) is 37.0 Å². The minimum Gasteiger partial charge on any atom is -0.334 e. The lowest BCUT2D eigenvalue weighted by atomic mass is 10.1. The number of hydrogen-bond acceptors (Lipinski definition) is 1. The van der Waals surface area contributed by atoms with E-state index >= 15 is 0 Å². The molecule has 0 aliphatic rings. The number of rotatable bonds is 6. The van der Waals surface area contributed by atoms with Crippen molar-refractivity contribution in [2.24, 2.45) is 0 Å². The van der Waals surface area contributed by atoms with Gasteiger partial charge >= 0.3 is 0 Å². The highest BCUT2D eigenvalue weighted by atomic mass is 79.9. The Hall–Kier alpha value is -0.680. The monoisotopic (exact) mass is 367 g/mol. The topological polar surface area (TPSA) is 20.3 Å². The van der Waals surface area contributed by atoms with Crippen molar-refractivity contribution in [2.75, 3.05) is 12.4 Å². The molecule has 0 unspecified atom stereocenters. The first-order valence-corrected chi connectivity index (χ1v) is 7.80. The van der Waals surface area contributed by atoms with Crippen molar-refractivity contribution in [2.45, 2.75) is 32.7 Å². The fraction of sp³-hybridized carbons (Fsp3) is 0.500. The predicted molar refractivity (Wildman–Crippen MR) is 80.2 cm³/mol. The van der Waals surface area contributed by atoms with E-state index in [1.807, 2.05) is 13.8 Å². The highest BCUT2D eigenvalue weighted by Crippen LogP contribution is 2.22. The standard InChI is InChI=1S/C14H17BrClF2NO/c1-3-10(4-2)19(6-5-16)14(20)13-11(17)7-9(15)8-12(13)18/h7-8,10H,3-6H2,1-2H3. The molecule has 0 aromatic heterocycles. The molecule has 1 aromatic carbocycles. The molecule has 0 aliphatic carbocycles. The second-order valence-electron chi connectivity index (χ2n) is 4.40. The second kappa shape index (κ2) is 7.93. The van der Waals surface area contributed by atoms with Crippen molar-refractivity contribution in [3.8, 4) is 0 Å². The predicted octanol–water partition coefficient (Wildman–Crippen LogP) is 4.60. The van der Waals surface area contributed by atoms with E-state index < -0.39 is 23.1 Å². The molecule has 0 bridgehead atoms. The van der Waals surface area contributed by atoms with Crippen LogP contribution in [0.15, 0.2) is 16.6 Å². The van der Waals surface area contributed by atoms with Gasteiger partial charge in [-0.05, 0) is 25.0 Å². The highest BCUT2D eigenvalue weighted by molar-refractivity contribution is 9.10. The fourth-order valence-corrected chi connectivity index (χ4v) is 2.74. The summed E-state index contributed by atoms with van der Waals surface area (Å²) in [7, 11) is 0. The van der Waals surface area contributed by atoms with E-state index in [9.17, 15) is 13.6 Å². The molecule has 2 nitrogen and oxygen atoms in total. The van der Waals surface area contributed by atoms with Gasteiger partial charge in [-0.1, -0.05) is 29.8 Å². The van der Waals surface area contributed by atoms with E-state index in [4.69, 9.17) is 11.6 Å². The van der Waals surface area contributed by atoms with Crippen LogP contribution >= 0.6 is 27.5 Å².